The van der Waals surface area contributed by atoms with E-state index in [4.69, 9.17) is 27.9 Å². The average Bonchev–Trinajstić information content (AvgIpc) is 2.72. The van der Waals surface area contributed by atoms with E-state index in [9.17, 15) is 4.79 Å². The Hall–Kier alpha value is -1.71. The Morgan fingerprint density at radius 2 is 1.84 bits per heavy atom. The number of carbonyl (C=O) groups excluding carboxylic acids is 1. The molecule has 5 heteroatoms. The largest absolute Gasteiger partial charge is 0.434 e. The van der Waals surface area contributed by atoms with Crippen molar-refractivity contribution in [2.45, 2.75) is 6.23 Å². The molecule has 0 unspecified atom stereocenters. The molecule has 2 aromatic rings. The smallest absolute Gasteiger partial charge is 0.340 e. The number of cyclic esters (lactones) is 1. The van der Waals surface area contributed by atoms with Crippen LogP contribution in [-0.4, -0.2) is 5.97 Å². The van der Waals surface area contributed by atoms with E-state index in [2.05, 4.69) is 5.32 Å². The third-order valence-corrected chi connectivity index (χ3v) is 3.64. The van der Waals surface area contributed by atoms with Crippen molar-refractivity contribution >= 4 is 34.9 Å². The van der Waals surface area contributed by atoms with Gasteiger partial charge in [-0.15, -0.1) is 0 Å². The van der Waals surface area contributed by atoms with Crippen LogP contribution >= 0.6 is 23.2 Å². The van der Waals surface area contributed by atoms with E-state index in [1.807, 2.05) is 18.2 Å². The molecule has 1 heterocycles. The minimum atomic E-state index is -0.499. The lowest BCUT2D eigenvalue weighted by Crippen LogP contribution is -2.10. The number of ether oxygens (including phenoxy) is 1. The first kappa shape index (κ1) is 12.3. The maximum Gasteiger partial charge on any atom is 0.340 e. The lowest BCUT2D eigenvalue weighted by Gasteiger charge is -2.14. The highest BCUT2D eigenvalue weighted by atomic mass is 35.5. The van der Waals surface area contributed by atoms with Crippen molar-refractivity contribution in [1.29, 1.82) is 0 Å². The molecule has 1 N–H and O–H groups in total. The van der Waals surface area contributed by atoms with E-state index >= 15 is 0 Å². The molecule has 0 bridgehead atoms. The Kier molecular flexibility index (Phi) is 3.09. The van der Waals surface area contributed by atoms with Crippen LogP contribution in [0.4, 0.5) is 5.69 Å². The average molecular weight is 294 g/mol. The molecule has 96 valence electrons. The third-order valence-electron chi connectivity index (χ3n) is 2.91. The van der Waals surface area contributed by atoms with Crippen LogP contribution in [-0.2, 0) is 4.74 Å². The van der Waals surface area contributed by atoms with Gasteiger partial charge in [0.05, 0.1) is 15.6 Å². The standard InChI is InChI=1S/C14H9Cl2NO2/c15-11-6-5-8(7-12(11)16)17-13-9-3-1-2-4-10(9)14(18)19-13/h1-7,13,17H/t13-/m1/s1. The van der Waals surface area contributed by atoms with Crippen LogP contribution in [0.5, 0.6) is 0 Å². The summed E-state index contributed by atoms with van der Waals surface area (Å²) in [7, 11) is 0. The summed E-state index contributed by atoms with van der Waals surface area (Å²) in [6.45, 7) is 0. The molecule has 0 fully saturated rings. The monoisotopic (exact) mass is 293 g/mol. The Bertz CT molecular complexity index is 658. The predicted octanol–water partition coefficient (Wildman–Crippen LogP) is 4.27. The molecule has 0 radical (unpaired) electrons. The Morgan fingerprint density at radius 3 is 2.63 bits per heavy atom. The minimum Gasteiger partial charge on any atom is -0.434 e. The first-order valence-corrected chi connectivity index (χ1v) is 6.42. The molecule has 1 atom stereocenters. The summed E-state index contributed by atoms with van der Waals surface area (Å²) in [5.74, 6) is -0.326. The van der Waals surface area contributed by atoms with E-state index in [1.165, 1.54) is 0 Å². The maximum atomic E-state index is 11.7. The van der Waals surface area contributed by atoms with Gasteiger partial charge in [-0.1, -0.05) is 41.4 Å². The Morgan fingerprint density at radius 1 is 1.05 bits per heavy atom. The fourth-order valence-electron chi connectivity index (χ4n) is 1.99. The lowest BCUT2D eigenvalue weighted by atomic mass is 10.1. The number of nitrogens with one attached hydrogen (secondary N) is 1. The van der Waals surface area contributed by atoms with Crippen molar-refractivity contribution in [3.8, 4) is 0 Å². The van der Waals surface area contributed by atoms with E-state index in [-0.39, 0.29) is 5.97 Å². The maximum absolute atomic E-state index is 11.7. The fourth-order valence-corrected chi connectivity index (χ4v) is 2.29. The molecule has 2 aromatic carbocycles. The van der Waals surface area contributed by atoms with Crippen LogP contribution in [0.25, 0.3) is 0 Å². The SMILES string of the molecule is O=C1O[C@@H](Nc2ccc(Cl)c(Cl)c2)c2ccccc21. The van der Waals surface area contributed by atoms with Crippen molar-refractivity contribution in [1.82, 2.24) is 0 Å². The van der Waals surface area contributed by atoms with Crippen molar-refractivity contribution in [3.05, 3.63) is 63.6 Å². The van der Waals surface area contributed by atoms with Gasteiger partial charge in [0, 0.05) is 11.3 Å². The Balaban J connectivity index is 1.89. The molecule has 3 nitrogen and oxygen atoms in total. The number of anilines is 1. The van der Waals surface area contributed by atoms with Gasteiger partial charge in [-0.25, -0.2) is 4.79 Å². The van der Waals surface area contributed by atoms with Crippen molar-refractivity contribution in [3.63, 3.8) is 0 Å². The second kappa shape index (κ2) is 4.76. The molecule has 0 saturated heterocycles. The number of carbonyl (C=O) groups is 1. The van der Waals surface area contributed by atoms with E-state index in [0.717, 1.165) is 11.3 Å². The van der Waals surface area contributed by atoms with Crippen molar-refractivity contribution in [2.24, 2.45) is 0 Å². The molecular formula is C14H9Cl2NO2. The van der Waals surface area contributed by atoms with Crippen LogP contribution in [0, 0.1) is 0 Å². The van der Waals surface area contributed by atoms with Gasteiger partial charge in [0.25, 0.3) is 0 Å². The highest BCUT2D eigenvalue weighted by Crippen LogP contribution is 2.33. The molecule has 0 amide bonds. The van der Waals surface area contributed by atoms with Crippen LogP contribution in [0.15, 0.2) is 42.5 Å². The molecule has 3 rings (SSSR count). The molecule has 0 saturated carbocycles. The fraction of sp³-hybridized carbons (Fsp3) is 0.0714. The number of fused-ring (bicyclic) bond motifs is 1. The van der Waals surface area contributed by atoms with Crippen LogP contribution in [0.3, 0.4) is 0 Å². The lowest BCUT2D eigenvalue weighted by molar-refractivity contribution is 0.0437. The summed E-state index contributed by atoms with van der Waals surface area (Å²) in [6.07, 6.45) is -0.499. The molecule has 0 spiro atoms. The second-order valence-electron chi connectivity index (χ2n) is 4.15. The number of halogens is 2. The quantitative estimate of drug-likeness (QED) is 0.840. The van der Waals surface area contributed by atoms with Gasteiger partial charge in [-0.3, -0.25) is 0 Å². The van der Waals surface area contributed by atoms with Gasteiger partial charge in [0.15, 0.2) is 0 Å². The summed E-state index contributed by atoms with van der Waals surface area (Å²) in [5.41, 5.74) is 2.14. The zero-order valence-electron chi connectivity index (χ0n) is 9.69. The molecule has 1 aliphatic rings. The van der Waals surface area contributed by atoms with Crippen LogP contribution < -0.4 is 5.32 Å². The third kappa shape index (κ3) is 2.27. The molecule has 1 aliphatic heterocycles. The Labute approximate surface area is 120 Å². The topological polar surface area (TPSA) is 38.3 Å². The van der Waals surface area contributed by atoms with E-state index in [0.29, 0.717) is 15.6 Å². The zero-order valence-corrected chi connectivity index (χ0v) is 11.2. The molecule has 0 aliphatic carbocycles. The highest BCUT2D eigenvalue weighted by Gasteiger charge is 2.30. The van der Waals surface area contributed by atoms with Crippen molar-refractivity contribution in [2.75, 3.05) is 5.32 Å². The second-order valence-corrected chi connectivity index (χ2v) is 4.96. The number of esters is 1. The van der Waals surface area contributed by atoms with Gasteiger partial charge in [0.2, 0.25) is 6.23 Å². The van der Waals surface area contributed by atoms with E-state index in [1.54, 1.807) is 24.3 Å². The van der Waals surface area contributed by atoms with E-state index < -0.39 is 6.23 Å². The number of rotatable bonds is 2. The number of hydrogen-bond donors (Lipinski definition) is 1. The first-order chi connectivity index (χ1) is 9.15. The van der Waals surface area contributed by atoms with Gasteiger partial charge >= 0.3 is 5.97 Å². The summed E-state index contributed by atoms with van der Waals surface area (Å²) < 4.78 is 5.28. The first-order valence-electron chi connectivity index (χ1n) is 5.66. The van der Waals surface area contributed by atoms with Crippen LogP contribution in [0.2, 0.25) is 10.0 Å². The van der Waals surface area contributed by atoms with Crippen LogP contribution in [0.1, 0.15) is 22.1 Å². The number of benzene rings is 2. The predicted molar refractivity (Wildman–Crippen MR) is 74.7 cm³/mol. The number of hydrogen-bond acceptors (Lipinski definition) is 3. The van der Waals surface area contributed by atoms with Gasteiger partial charge in [0.1, 0.15) is 0 Å². The highest BCUT2D eigenvalue weighted by molar-refractivity contribution is 6.42. The van der Waals surface area contributed by atoms with Gasteiger partial charge in [-0.05, 0) is 24.3 Å². The zero-order chi connectivity index (χ0) is 13.4. The van der Waals surface area contributed by atoms with Gasteiger partial charge in [-0.2, -0.15) is 0 Å². The van der Waals surface area contributed by atoms with Gasteiger partial charge < -0.3 is 10.1 Å². The minimum absolute atomic E-state index is 0.326. The summed E-state index contributed by atoms with van der Waals surface area (Å²) >= 11 is 11.8. The normalized spacial score (nSPS) is 16.9. The summed E-state index contributed by atoms with van der Waals surface area (Å²) in [5, 5.41) is 4.04. The van der Waals surface area contributed by atoms with Crippen molar-refractivity contribution < 1.29 is 9.53 Å². The molecule has 0 aromatic heterocycles. The molecular weight excluding hydrogens is 285 g/mol. The summed E-state index contributed by atoms with van der Waals surface area (Å²) in [4.78, 5) is 11.7. The summed E-state index contributed by atoms with van der Waals surface area (Å²) in [6, 6.07) is 12.4. The molecule has 19 heavy (non-hydrogen) atoms.